The Morgan fingerprint density at radius 1 is 1.50 bits per heavy atom. The summed E-state index contributed by atoms with van der Waals surface area (Å²) in [5.41, 5.74) is 0. The van der Waals surface area contributed by atoms with Crippen LogP contribution >= 0.6 is 0 Å². The highest BCUT2D eigenvalue weighted by Crippen LogP contribution is 2.34. The van der Waals surface area contributed by atoms with E-state index in [-0.39, 0.29) is 12.3 Å². The van der Waals surface area contributed by atoms with Crippen LogP contribution < -0.4 is 0 Å². The van der Waals surface area contributed by atoms with Crippen molar-refractivity contribution < 1.29 is 19.0 Å². The van der Waals surface area contributed by atoms with Gasteiger partial charge in [-0.3, -0.25) is 4.79 Å². The molecule has 0 saturated carbocycles. The van der Waals surface area contributed by atoms with Crippen molar-refractivity contribution in [3.05, 3.63) is 0 Å². The summed E-state index contributed by atoms with van der Waals surface area (Å²) in [4.78, 5) is 10.7. The first-order valence-corrected chi connectivity index (χ1v) is 5.14. The third kappa shape index (κ3) is 2.07. The maximum absolute atomic E-state index is 10.7. The fraction of sp³-hybridized carbons (Fsp3) is 0.900. The van der Waals surface area contributed by atoms with Gasteiger partial charge < -0.3 is 14.2 Å². The first-order chi connectivity index (χ1) is 6.77. The average molecular weight is 200 g/mol. The lowest BCUT2D eigenvalue weighted by Gasteiger charge is -2.27. The number of hydrogen-bond donors (Lipinski definition) is 0. The van der Waals surface area contributed by atoms with E-state index in [4.69, 9.17) is 14.2 Å². The molecule has 2 aliphatic rings. The summed E-state index contributed by atoms with van der Waals surface area (Å²) >= 11 is 0. The van der Waals surface area contributed by atoms with Crippen LogP contribution in [0.3, 0.4) is 0 Å². The predicted octanol–water partition coefficient (Wildman–Crippen LogP) is 0.949. The lowest BCUT2D eigenvalue weighted by molar-refractivity contribution is -0.153. The summed E-state index contributed by atoms with van der Waals surface area (Å²) < 4.78 is 16.0. The largest absolute Gasteiger partial charge is 0.465 e. The summed E-state index contributed by atoms with van der Waals surface area (Å²) in [7, 11) is 0. The van der Waals surface area contributed by atoms with E-state index < -0.39 is 0 Å². The molecule has 0 bridgehead atoms. The zero-order valence-electron chi connectivity index (χ0n) is 8.40. The van der Waals surface area contributed by atoms with Crippen molar-refractivity contribution in [3.63, 3.8) is 0 Å². The van der Waals surface area contributed by atoms with Crippen molar-refractivity contribution in [1.82, 2.24) is 0 Å². The maximum atomic E-state index is 10.7. The fourth-order valence-corrected chi connectivity index (χ4v) is 2.15. The predicted molar refractivity (Wildman–Crippen MR) is 48.5 cm³/mol. The molecule has 0 spiro atoms. The summed E-state index contributed by atoms with van der Waals surface area (Å²) in [6.07, 6.45) is 2.15. The molecule has 2 rings (SSSR count). The van der Waals surface area contributed by atoms with E-state index in [1.807, 2.05) is 0 Å². The van der Waals surface area contributed by atoms with E-state index in [1.165, 1.54) is 6.92 Å². The molecule has 0 aromatic heterocycles. The molecule has 2 saturated heterocycles. The summed E-state index contributed by atoms with van der Waals surface area (Å²) in [5, 5.41) is 0. The molecule has 0 unspecified atom stereocenters. The second-order valence-corrected chi connectivity index (χ2v) is 3.94. The SMILES string of the molecule is CC(=O)OC[C@H]1CO[C@H]2OCCC[C@@H]12. The molecule has 2 aliphatic heterocycles. The van der Waals surface area contributed by atoms with Gasteiger partial charge in [0, 0.05) is 25.4 Å². The van der Waals surface area contributed by atoms with Gasteiger partial charge in [-0.1, -0.05) is 0 Å². The van der Waals surface area contributed by atoms with Crippen molar-refractivity contribution in [2.45, 2.75) is 26.1 Å². The smallest absolute Gasteiger partial charge is 0.302 e. The van der Waals surface area contributed by atoms with Gasteiger partial charge in [0.2, 0.25) is 0 Å². The Hall–Kier alpha value is -0.610. The minimum absolute atomic E-state index is 0.0516. The lowest BCUT2D eigenvalue weighted by atomic mass is 9.90. The molecular formula is C10H16O4. The van der Waals surface area contributed by atoms with Crippen molar-refractivity contribution >= 4 is 5.97 Å². The van der Waals surface area contributed by atoms with Gasteiger partial charge in [-0.2, -0.15) is 0 Å². The van der Waals surface area contributed by atoms with Crippen molar-refractivity contribution in [3.8, 4) is 0 Å². The molecule has 0 aliphatic carbocycles. The Kier molecular flexibility index (Phi) is 3.03. The zero-order chi connectivity index (χ0) is 9.97. The van der Waals surface area contributed by atoms with E-state index in [1.54, 1.807) is 0 Å². The highest BCUT2D eigenvalue weighted by atomic mass is 16.7. The van der Waals surface area contributed by atoms with Crippen molar-refractivity contribution in [1.29, 1.82) is 0 Å². The van der Waals surface area contributed by atoms with E-state index in [9.17, 15) is 4.79 Å². The summed E-state index contributed by atoms with van der Waals surface area (Å²) in [6, 6.07) is 0. The molecule has 2 fully saturated rings. The highest BCUT2D eigenvalue weighted by Gasteiger charge is 2.40. The van der Waals surface area contributed by atoms with Gasteiger partial charge in [0.15, 0.2) is 6.29 Å². The second kappa shape index (κ2) is 4.28. The third-order valence-corrected chi connectivity index (χ3v) is 2.89. The first-order valence-electron chi connectivity index (χ1n) is 5.14. The van der Waals surface area contributed by atoms with E-state index in [0.717, 1.165) is 19.4 Å². The summed E-state index contributed by atoms with van der Waals surface area (Å²) in [6.45, 7) is 3.36. The number of esters is 1. The first kappa shape index (κ1) is 9.93. The molecule has 0 aromatic rings. The van der Waals surface area contributed by atoms with Gasteiger partial charge in [0.1, 0.15) is 0 Å². The minimum Gasteiger partial charge on any atom is -0.465 e. The maximum Gasteiger partial charge on any atom is 0.302 e. The number of fused-ring (bicyclic) bond motifs is 1. The minimum atomic E-state index is -0.217. The molecular weight excluding hydrogens is 184 g/mol. The van der Waals surface area contributed by atoms with Gasteiger partial charge in [-0.05, 0) is 12.8 Å². The van der Waals surface area contributed by atoms with Crippen LogP contribution in [-0.2, 0) is 19.0 Å². The Morgan fingerprint density at radius 2 is 2.36 bits per heavy atom. The Balaban J connectivity index is 1.84. The Labute approximate surface area is 83.5 Å². The van der Waals surface area contributed by atoms with Gasteiger partial charge in [0.25, 0.3) is 0 Å². The van der Waals surface area contributed by atoms with Crippen molar-refractivity contribution in [2.24, 2.45) is 11.8 Å². The van der Waals surface area contributed by atoms with E-state index >= 15 is 0 Å². The molecule has 4 heteroatoms. The standard InChI is InChI=1S/C10H16O4/c1-7(11)13-5-8-6-14-10-9(8)3-2-4-12-10/h8-10H,2-6H2,1H3/t8-,9-,10+/m0/s1. The topological polar surface area (TPSA) is 44.8 Å². The van der Waals surface area contributed by atoms with Crippen LogP contribution in [0.15, 0.2) is 0 Å². The van der Waals surface area contributed by atoms with Crippen molar-refractivity contribution in [2.75, 3.05) is 19.8 Å². The molecule has 4 nitrogen and oxygen atoms in total. The Morgan fingerprint density at radius 3 is 3.14 bits per heavy atom. The number of rotatable bonds is 2. The third-order valence-electron chi connectivity index (χ3n) is 2.89. The van der Waals surface area contributed by atoms with Gasteiger partial charge in [0.05, 0.1) is 13.2 Å². The highest BCUT2D eigenvalue weighted by molar-refractivity contribution is 5.65. The molecule has 80 valence electrons. The monoisotopic (exact) mass is 200 g/mol. The number of carbonyl (C=O) groups excluding carboxylic acids is 1. The van der Waals surface area contributed by atoms with Crippen LogP contribution in [0.4, 0.5) is 0 Å². The van der Waals surface area contributed by atoms with Crippen LogP contribution in [-0.4, -0.2) is 32.1 Å². The number of ether oxygens (including phenoxy) is 3. The molecule has 0 radical (unpaired) electrons. The quantitative estimate of drug-likeness (QED) is 0.622. The summed E-state index contributed by atoms with van der Waals surface area (Å²) in [5.74, 6) is 0.525. The lowest BCUT2D eigenvalue weighted by Crippen LogP contribution is -2.30. The van der Waals surface area contributed by atoms with Crippen LogP contribution in [0.1, 0.15) is 19.8 Å². The zero-order valence-corrected chi connectivity index (χ0v) is 8.40. The number of carbonyl (C=O) groups is 1. The molecule has 0 N–H and O–H groups in total. The van der Waals surface area contributed by atoms with Gasteiger partial charge >= 0.3 is 5.97 Å². The molecule has 0 aromatic carbocycles. The van der Waals surface area contributed by atoms with Gasteiger partial charge in [-0.25, -0.2) is 0 Å². The fourth-order valence-electron chi connectivity index (χ4n) is 2.15. The average Bonchev–Trinajstić information content (AvgIpc) is 2.58. The van der Waals surface area contributed by atoms with E-state index in [2.05, 4.69) is 0 Å². The van der Waals surface area contributed by atoms with Crippen LogP contribution in [0.5, 0.6) is 0 Å². The van der Waals surface area contributed by atoms with Crippen LogP contribution in [0, 0.1) is 11.8 Å². The number of hydrogen-bond acceptors (Lipinski definition) is 4. The molecule has 2 heterocycles. The van der Waals surface area contributed by atoms with Crippen LogP contribution in [0.2, 0.25) is 0 Å². The normalized spacial score (nSPS) is 36.5. The van der Waals surface area contributed by atoms with Crippen LogP contribution in [0.25, 0.3) is 0 Å². The Bertz CT molecular complexity index is 216. The van der Waals surface area contributed by atoms with E-state index in [0.29, 0.717) is 25.0 Å². The molecule has 0 amide bonds. The van der Waals surface area contributed by atoms with Gasteiger partial charge in [-0.15, -0.1) is 0 Å². The molecule has 3 atom stereocenters. The molecule has 14 heavy (non-hydrogen) atoms. The second-order valence-electron chi connectivity index (χ2n) is 3.94.